The van der Waals surface area contributed by atoms with Crippen molar-refractivity contribution in [2.75, 3.05) is 5.73 Å². The molecule has 0 saturated heterocycles. The van der Waals surface area contributed by atoms with Gasteiger partial charge in [0.25, 0.3) is 0 Å². The molecule has 0 aliphatic heterocycles. The smallest absolute Gasteiger partial charge is 0.127 e. The van der Waals surface area contributed by atoms with Gasteiger partial charge in [-0.05, 0) is 37.8 Å². The van der Waals surface area contributed by atoms with E-state index < -0.39 is 0 Å². The van der Waals surface area contributed by atoms with Crippen LogP contribution in [0.5, 0.6) is 0 Å². The van der Waals surface area contributed by atoms with E-state index in [4.69, 9.17) is 5.73 Å². The molecule has 0 bridgehead atoms. The highest BCUT2D eigenvalue weighted by molar-refractivity contribution is 5.37. The number of aryl methyl sites for hydroxylation is 2. The Morgan fingerprint density at radius 1 is 1.33 bits per heavy atom. The maximum atomic E-state index is 5.81. The second-order valence-electron chi connectivity index (χ2n) is 4.76. The number of anilines is 1. The van der Waals surface area contributed by atoms with Crippen molar-refractivity contribution < 1.29 is 0 Å². The lowest BCUT2D eigenvalue weighted by atomic mass is 9.84. The molecule has 3 rings (SSSR count). The van der Waals surface area contributed by atoms with Crippen molar-refractivity contribution in [3.05, 3.63) is 47.2 Å². The summed E-state index contributed by atoms with van der Waals surface area (Å²) >= 11 is 0. The quantitative estimate of drug-likeness (QED) is 0.830. The minimum atomic E-state index is 0.263. The number of hydrogen-bond donors (Lipinski definition) is 1. The molecule has 4 nitrogen and oxygen atoms in total. The molecule has 0 saturated carbocycles. The number of pyridine rings is 1. The number of hydrogen-bond acceptors (Lipinski definition) is 4. The third-order valence-corrected chi connectivity index (χ3v) is 3.43. The first-order chi connectivity index (χ1) is 8.74. The summed E-state index contributed by atoms with van der Waals surface area (Å²) in [5.74, 6) is 1.53. The topological polar surface area (TPSA) is 64.7 Å². The Kier molecular flexibility index (Phi) is 2.70. The lowest BCUT2D eigenvalue weighted by Gasteiger charge is -2.24. The monoisotopic (exact) mass is 240 g/mol. The second kappa shape index (κ2) is 4.37. The number of nitrogens with two attached hydrogens (primary N) is 1. The van der Waals surface area contributed by atoms with Crippen LogP contribution in [0, 0.1) is 6.92 Å². The van der Waals surface area contributed by atoms with Crippen LogP contribution in [0.4, 0.5) is 5.82 Å². The summed E-state index contributed by atoms with van der Waals surface area (Å²) in [4.78, 5) is 13.2. The molecule has 2 N–H and O–H groups in total. The summed E-state index contributed by atoms with van der Waals surface area (Å²) in [6.07, 6.45) is 5.22. The molecular weight excluding hydrogens is 224 g/mol. The summed E-state index contributed by atoms with van der Waals surface area (Å²) in [5, 5.41) is 0. The number of nitrogen functional groups attached to an aromatic ring is 1. The first-order valence-electron chi connectivity index (χ1n) is 6.29. The van der Waals surface area contributed by atoms with Gasteiger partial charge < -0.3 is 5.73 Å². The van der Waals surface area contributed by atoms with Crippen molar-refractivity contribution in [3.8, 4) is 0 Å². The summed E-state index contributed by atoms with van der Waals surface area (Å²) in [6.45, 7) is 1.88. The maximum Gasteiger partial charge on any atom is 0.127 e. The summed E-state index contributed by atoms with van der Waals surface area (Å²) < 4.78 is 0. The minimum absolute atomic E-state index is 0.263. The van der Waals surface area contributed by atoms with Crippen molar-refractivity contribution in [2.24, 2.45) is 0 Å². The molecule has 2 aromatic rings. The largest absolute Gasteiger partial charge is 0.384 e. The van der Waals surface area contributed by atoms with Gasteiger partial charge in [-0.2, -0.15) is 0 Å². The lowest BCUT2D eigenvalue weighted by molar-refractivity contribution is 0.585. The van der Waals surface area contributed by atoms with E-state index in [1.165, 1.54) is 12.0 Å². The van der Waals surface area contributed by atoms with Crippen LogP contribution in [-0.4, -0.2) is 15.0 Å². The molecule has 18 heavy (non-hydrogen) atoms. The van der Waals surface area contributed by atoms with Gasteiger partial charge in [-0.15, -0.1) is 0 Å². The normalized spacial score (nSPS) is 18.4. The van der Waals surface area contributed by atoms with Crippen molar-refractivity contribution in [1.29, 1.82) is 0 Å². The molecule has 1 aliphatic carbocycles. The van der Waals surface area contributed by atoms with E-state index in [1.54, 1.807) is 0 Å². The molecular formula is C14H16N4. The van der Waals surface area contributed by atoms with E-state index in [2.05, 4.69) is 21.0 Å². The summed E-state index contributed by atoms with van der Waals surface area (Å²) in [5.41, 5.74) is 9.30. The Bertz CT molecular complexity index is 560. The fourth-order valence-corrected chi connectivity index (χ4v) is 2.69. The Morgan fingerprint density at radius 2 is 2.22 bits per heavy atom. The van der Waals surface area contributed by atoms with Gasteiger partial charge in [0.15, 0.2) is 0 Å². The Balaban J connectivity index is 2.08. The van der Waals surface area contributed by atoms with Crippen LogP contribution in [0.1, 0.15) is 41.5 Å². The van der Waals surface area contributed by atoms with E-state index in [-0.39, 0.29) is 5.92 Å². The average Bonchev–Trinajstić information content (AvgIpc) is 2.37. The van der Waals surface area contributed by atoms with Crippen LogP contribution in [0.3, 0.4) is 0 Å². The van der Waals surface area contributed by atoms with Crippen LogP contribution in [0.15, 0.2) is 24.4 Å². The highest BCUT2D eigenvalue weighted by Gasteiger charge is 2.24. The van der Waals surface area contributed by atoms with Crippen LogP contribution in [-0.2, 0) is 6.42 Å². The zero-order chi connectivity index (χ0) is 12.5. The van der Waals surface area contributed by atoms with Gasteiger partial charge in [0.2, 0.25) is 0 Å². The minimum Gasteiger partial charge on any atom is -0.384 e. The van der Waals surface area contributed by atoms with E-state index in [0.29, 0.717) is 5.82 Å². The molecule has 0 amide bonds. The molecule has 0 aromatic carbocycles. The molecule has 1 atom stereocenters. The van der Waals surface area contributed by atoms with Crippen molar-refractivity contribution in [1.82, 2.24) is 15.0 Å². The molecule has 2 aromatic heterocycles. The van der Waals surface area contributed by atoms with Gasteiger partial charge in [-0.1, -0.05) is 6.07 Å². The molecule has 92 valence electrons. The first-order valence-corrected chi connectivity index (χ1v) is 6.29. The Morgan fingerprint density at radius 3 is 3.06 bits per heavy atom. The van der Waals surface area contributed by atoms with Gasteiger partial charge >= 0.3 is 0 Å². The standard InChI is InChI=1S/C14H16N4/c1-9-17-12(8-13(15)18-9)11-6-2-4-10-5-3-7-16-14(10)11/h3,5,7-8,11H,2,4,6H2,1H3,(H2,15,17,18). The number of rotatable bonds is 1. The van der Waals surface area contributed by atoms with Gasteiger partial charge in [0.1, 0.15) is 11.6 Å². The van der Waals surface area contributed by atoms with E-state index in [1.807, 2.05) is 25.3 Å². The predicted molar refractivity (Wildman–Crippen MR) is 70.2 cm³/mol. The molecule has 0 spiro atoms. The maximum absolute atomic E-state index is 5.81. The third kappa shape index (κ3) is 1.94. The third-order valence-electron chi connectivity index (χ3n) is 3.43. The van der Waals surface area contributed by atoms with Crippen molar-refractivity contribution in [2.45, 2.75) is 32.1 Å². The molecule has 0 radical (unpaired) electrons. The fourth-order valence-electron chi connectivity index (χ4n) is 2.69. The van der Waals surface area contributed by atoms with Gasteiger partial charge in [0, 0.05) is 18.2 Å². The second-order valence-corrected chi connectivity index (χ2v) is 4.76. The number of nitrogens with zero attached hydrogens (tertiary/aromatic N) is 3. The molecule has 0 fully saturated rings. The van der Waals surface area contributed by atoms with Gasteiger partial charge in [-0.25, -0.2) is 9.97 Å². The fraction of sp³-hybridized carbons (Fsp3) is 0.357. The summed E-state index contributed by atoms with van der Waals surface area (Å²) in [7, 11) is 0. The van der Waals surface area contributed by atoms with Crippen LogP contribution in [0.2, 0.25) is 0 Å². The average molecular weight is 240 g/mol. The number of aromatic nitrogens is 3. The highest BCUT2D eigenvalue weighted by atomic mass is 14.9. The van der Waals surface area contributed by atoms with E-state index >= 15 is 0 Å². The Hall–Kier alpha value is -1.97. The van der Waals surface area contributed by atoms with Crippen LogP contribution in [0.25, 0.3) is 0 Å². The molecule has 4 heteroatoms. The highest BCUT2D eigenvalue weighted by Crippen LogP contribution is 2.34. The molecule has 1 aliphatic rings. The van der Waals surface area contributed by atoms with Crippen LogP contribution >= 0.6 is 0 Å². The van der Waals surface area contributed by atoms with E-state index in [0.717, 1.165) is 30.1 Å². The summed E-state index contributed by atoms with van der Waals surface area (Å²) in [6, 6.07) is 6.04. The number of fused-ring (bicyclic) bond motifs is 1. The van der Waals surface area contributed by atoms with Gasteiger partial charge in [0.05, 0.1) is 11.4 Å². The van der Waals surface area contributed by atoms with Gasteiger partial charge in [-0.3, -0.25) is 4.98 Å². The van der Waals surface area contributed by atoms with E-state index in [9.17, 15) is 0 Å². The molecule has 2 heterocycles. The lowest BCUT2D eigenvalue weighted by Crippen LogP contribution is -2.15. The first kappa shape index (κ1) is 11.1. The van der Waals surface area contributed by atoms with Crippen molar-refractivity contribution in [3.63, 3.8) is 0 Å². The van der Waals surface area contributed by atoms with Crippen LogP contribution < -0.4 is 5.73 Å². The van der Waals surface area contributed by atoms with Crippen molar-refractivity contribution >= 4 is 5.82 Å². The molecule has 1 unspecified atom stereocenters. The SMILES string of the molecule is Cc1nc(N)cc(C2CCCc3cccnc32)n1. The Labute approximate surface area is 106 Å². The zero-order valence-electron chi connectivity index (χ0n) is 10.4. The predicted octanol–water partition coefficient (Wildman–Crippen LogP) is 2.23. The zero-order valence-corrected chi connectivity index (χ0v) is 10.4.